The summed E-state index contributed by atoms with van der Waals surface area (Å²) in [6.45, 7) is -0.129. The predicted octanol–water partition coefficient (Wildman–Crippen LogP) is 5.02. The Balaban J connectivity index is 1.46. The van der Waals surface area contributed by atoms with Crippen molar-refractivity contribution < 1.29 is 14.3 Å². The lowest BCUT2D eigenvalue weighted by Crippen LogP contribution is -2.20. The highest BCUT2D eigenvalue weighted by Crippen LogP contribution is 2.32. The van der Waals surface area contributed by atoms with Crippen LogP contribution in [0.2, 0.25) is 0 Å². The molecule has 1 amide bonds. The molecule has 0 atom stereocenters. The zero-order chi connectivity index (χ0) is 20.2. The Morgan fingerprint density at radius 1 is 1.07 bits per heavy atom. The van der Waals surface area contributed by atoms with Gasteiger partial charge in [0.25, 0.3) is 5.91 Å². The van der Waals surface area contributed by atoms with Crippen LogP contribution in [0.4, 0.5) is 5.69 Å². The van der Waals surface area contributed by atoms with Crippen molar-refractivity contribution in [3.8, 4) is 22.9 Å². The van der Waals surface area contributed by atoms with E-state index in [1.165, 1.54) is 0 Å². The topological polar surface area (TPSA) is 76.2 Å². The number of aromatic amines is 1. The number of hydrogen-bond donors (Lipinski definition) is 2. The van der Waals surface area contributed by atoms with Crippen LogP contribution in [0.15, 0.2) is 71.2 Å². The molecule has 1 aromatic heterocycles. The molecule has 146 valence electrons. The number of ether oxygens (including phenoxy) is 2. The summed E-state index contributed by atoms with van der Waals surface area (Å²) in [6, 6.07) is 20.7. The van der Waals surface area contributed by atoms with Crippen LogP contribution in [-0.4, -0.2) is 29.6 Å². The van der Waals surface area contributed by atoms with Crippen molar-refractivity contribution in [1.29, 1.82) is 0 Å². The minimum atomic E-state index is -0.254. The van der Waals surface area contributed by atoms with E-state index in [0.717, 1.165) is 26.9 Å². The summed E-state index contributed by atoms with van der Waals surface area (Å²) in [5.74, 6) is 1.50. The maximum absolute atomic E-state index is 12.2. The van der Waals surface area contributed by atoms with Gasteiger partial charge in [-0.1, -0.05) is 28.1 Å². The van der Waals surface area contributed by atoms with Crippen LogP contribution in [0, 0.1) is 0 Å². The number of amides is 1. The fourth-order valence-corrected chi connectivity index (χ4v) is 3.16. The molecule has 2 N–H and O–H groups in total. The Kier molecular flexibility index (Phi) is 5.48. The number of hydrogen-bond acceptors (Lipinski definition) is 4. The Morgan fingerprint density at radius 3 is 2.62 bits per heavy atom. The number of fused-ring (bicyclic) bond motifs is 1. The molecule has 6 nitrogen and oxygen atoms in total. The molecular formula is C22H18BrN3O3. The number of benzene rings is 3. The molecule has 0 unspecified atom stereocenters. The molecule has 1 heterocycles. The first-order valence-corrected chi connectivity index (χ1v) is 9.73. The minimum absolute atomic E-state index is 0.129. The first-order valence-electron chi connectivity index (χ1n) is 8.94. The van der Waals surface area contributed by atoms with Gasteiger partial charge in [-0.15, -0.1) is 0 Å². The second-order valence-corrected chi connectivity index (χ2v) is 7.23. The van der Waals surface area contributed by atoms with E-state index in [1.807, 2.05) is 60.7 Å². The number of nitrogens with zero attached hydrogens (tertiary/aromatic N) is 1. The van der Waals surface area contributed by atoms with Crippen LogP contribution in [0.1, 0.15) is 0 Å². The van der Waals surface area contributed by atoms with Gasteiger partial charge >= 0.3 is 0 Å². The van der Waals surface area contributed by atoms with Crippen LogP contribution in [-0.2, 0) is 4.79 Å². The van der Waals surface area contributed by atoms with Crippen molar-refractivity contribution >= 4 is 38.6 Å². The van der Waals surface area contributed by atoms with Gasteiger partial charge in [0.15, 0.2) is 18.1 Å². The molecule has 0 aliphatic heterocycles. The Morgan fingerprint density at radius 2 is 1.86 bits per heavy atom. The van der Waals surface area contributed by atoms with Gasteiger partial charge < -0.3 is 19.8 Å². The number of rotatable bonds is 6. The number of carbonyl (C=O) groups is 1. The van der Waals surface area contributed by atoms with Crippen molar-refractivity contribution in [3.63, 3.8) is 0 Å². The first-order chi connectivity index (χ1) is 14.1. The van der Waals surface area contributed by atoms with E-state index in [2.05, 4.69) is 31.2 Å². The molecule has 7 heteroatoms. The zero-order valence-electron chi connectivity index (χ0n) is 15.6. The lowest BCUT2D eigenvalue weighted by atomic mass is 10.2. The maximum atomic E-state index is 12.2. The number of anilines is 1. The largest absolute Gasteiger partial charge is 0.493 e. The molecule has 4 rings (SSSR count). The number of nitrogens with one attached hydrogen (secondary N) is 2. The Labute approximate surface area is 176 Å². The first kappa shape index (κ1) is 19.0. The summed E-state index contributed by atoms with van der Waals surface area (Å²) in [5.41, 5.74) is 3.43. The number of carbonyl (C=O) groups excluding carboxylic acids is 1. The molecule has 0 radical (unpaired) electrons. The zero-order valence-corrected chi connectivity index (χ0v) is 17.2. The van der Waals surface area contributed by atoms with E-state index in [4.69, 9.17) is 9.47 Å². The SMILES string of the molecule is COc1cc(-c2nc3ccccc3[nH]2)ccc1OCC(=O)Nc1ccc(Br)cc1. The second kappa shape index (κ2) is 8.36. The van der Waals surface area contributed by atoms with E-state index < -0.39 is 0 Å². The summed E-state index contributed by atoms with van der Waals surface area (Å²) >= 11 is 3.36. The standard InChI is InChI=1S/C22H18BrN3O3/c1-28-20-12-14(22-25-17-4-2-3-5-18(17)26-22)6-11-19(20)29-13-21(27)24-16-9-7-15(23)8-10-16/h2-12H,13H2,1H3,(H,24,27)(H,25,26). The monoisotopic (exact) mass is 451 g/mol. The van der Waals surface area contributed by atoms with E-state index in [1.54, 1.807) is 13.2 Å². The van der Waals surface area contributed by atoms with Crippen molar-refractivity contribution in [2.24, 2.45) is 0 Å². The van der Waals surface area contributed by atoms with Crippen LogP contribution >= 0.6 is 15.9 Å². The van der Waals surface area contributed by atoms with Gasteiger partial charge in [-0.2, -0.15) is 0 Å². The van der Waals surface area contributed by atoms with E-state index in [0.29, 0.717) is 17.2 Å². The second-order valence-electron chi connectivity index (χ2n) is 6.31. The fraction of sp³-hybridized carbons (Fsp3) is 0.0909. The number of para-hydroxylation sites is 2. The molecule has 29 heavy (non-hydrogen) atoms. The van der Waals surface area contributed by atoms with Crippen molar-refractivity contribution in [1.82, 2.24) is 9.97 Å². The van der Waals surface area contributed by atoms with Gasteiger partial charge in [-0.25, -0.2) is 4.98 Å². The maximum Gasteiger partial charge on any atom is 0.262 e. The molecule has 0 saturated carbocycles. The smallest absolute Gasteiger partial charge is 0.262 e. The third-order valence-corrected chi connectivity index (χ3v) is 4.84. The van der Waals surface area contributed by atoms with Crippen LogP contribution in [0.3, 0.4) is 0 Å². The summed E-state index contributed by atoms with van der Waals surface area (Å²) in [5, 5.41) is 2.79. The summed E-state index contributed by atoms with van der Waals surface area (Å²) in [7, 11) is 1.56. The van der Waals surface area contributed by atoms with Gasteiger partial charge in [-0.3, -0.25) is 4.79 Å². The molecule has 4 aromatic rings. The molecule has 0 spiro atoms. The number of imidazole rings is 1. The lowest BCUT2D eigenvalue weighted by molar-refractivity contribution is -0.118. The van der Waals surface area contributed by atoms with Gasteiger partial charge in [-0.05, 0) is 54.6 Å². The van der Waals surface area contributed by atoms with Crippen LogP contribution in [0.5, 0.6) is 11.5 Å². The lowest BCUT2D eigenvalue weighted by Gasteiger charge is -2.12. The Bertz CT molecular complexity index is 1120. The fourth-order valence-electron chi connectivity index (χ4n) is 2.90. The minimum Gasteiger partial charge on any atom is -0.493 e. The number of aromatic nitrogens is 2. The molecule has 3 aromatic carbocycles. The van der Waals surface area contributed by atoms with E-state index in [9.17, 15) is 4.79 Å². The van der Waals surface area contributed by atoms with Crippen LogP contribution < -0.4 is 14.8 Å². The average Bonchev–Trinajstić information content (AvgIpc) is 3.18. The summed E-state index contributed by atoms with van der Waals surface area (Å²) in [6.07, 6.45) is 0. The highest BCUT2D eigenvalue weighted by molar-refractivity contribution is 9.10. The Hall–Kier alpha value is -3.32. The quantitative estimate of drug-likeness (QED) is 0.431. The summed E-state index contributed by atoms with van der Waals surface area (Å²) in [4.78, 5) is 20.0. The van der Waals surface area contributed by atoms with Crippen molar-refractivity contribution in [3.05, 3.63) is 71.2 Å². The molecule has 0 aliphatic rings. The number of H-pyrrole nitrogens is 1. The van der Waals surface area contributed by atoms with Gasteiger partial charge in [0.1, 0.15) is 5.82 Å². The van der Waals surface area contributed by atoms with Crippen molar-refractivity contribution in [2.45, 2.75) is 0 Å². The molecule has 0 saturated heterocycles. The van der Waals surface area contributed by atoms with Crippen molar-refractivity contribution in [2.75, 3.05) is 19.0 Å². The normalized spacial score (nSPS) is 10.7. The highest BCUT2D eigenvalue weighted by atomic mass is 79.9. The number of halogens is 1. The molecule has 0 aliphatic carbocycles. The van der Waals surface area contributed by atoms with E-state index in [-0.39, 0.29) is 12.5 Å². The third-order valence-electron chi connectivity index (χ3n) is 4.31. The molecule has 0 bridgehead atoms. The van der Waals surface area contributed by atoms with Gasteiger partial charge in [0, 0.05) is 15.7 Å². The van der Waals surface area contributed by atoms with Crippen LogP contribution in [0.25, 0.3) is 22.4 Å². The highest BCUT2D eigenvalue weighted by Gasteiger charge is 2.12. The van der Waals surface area contributed by atoms with Gasteiger partial charge in [0.05, 0.1) is 18.1 Å². The summed E-state index contributed by atoms with van der Waals surface area (Å²) < 4.78 is 12.0. The average molecular weight is 452 g/mol. The predicted molar refractivity (Wildman–Crippen MR) is 116 cm³/mol. The molecular weight excluding hydrogens is 434 g/mol. The number of methoxy groups -OCH3 is 1. The van der Waals surface area contributed by atoms with Gasteiger partial charge in [0.2, 0.25) is 0 Å². The third kappa shape index (κ3) is 4.41. The van der Waals surface area contributed by atoms with E-state index >= 15 is 0 Å². The molecule has 0 fully saturated rings.